The van der Waals surface area contributed by atoms with Crippen molar-refractivity contribution in [2.24, 2.45) is 0 Å². The lowest BCUT2D eigenvalue weighted by atomic mass is 10.1. The van der Waals surface area contributed by atoms with E-state index in [1.165, 1.54) is 6.92 Å². The molecule has 0 saturated carbocycles. The van der Waals surface area contributed by atoms with Crippen molar-refractivity contribution in [3.63, 3.8) is 0 Å². The molecule has 2 aromatic carbocycles. The molecule has 28 heavy (non-hydrogen) atoms. The van der Waals surface area contributed by atoms with Crippen LogP contribution in [0.25, 0.3) is 11.4 Å². The fraction of sp³-hybridized carbons (Fsp3) is 0.150. The van der Waals surface area contributed by atoms with Gasteiger partial charge in [0.05, 0.1) is 5.56 Å². The van der Waals surface area contributed by atoms with Gasteiger partial charge in [0.25, 0.3) is 5.91 Å². The first-order valence-corrected chi connectivity index (χ1v) is 8.61. The lowest BCUT2D eigenvalue weighted by molar-refractivity contribution is -0.123. The Morgan fingerprint density at radius 3 is 2.68 bits per heavy atom. The van der Waals surface area contributed by atoms with Gasteiger partial charge in [0.2, 0.25) is 6.79 Å². The number of carbonyl (C=O) groups excluding carboxylic acids is 2. The number of amides is 1. The summed E-state index contributed by atoms with van der Waals surface area (Å²) in [4.78, 5) is 31.8. The van der Waals surface area contributed by atoms with Gasteiger partial charge in [-0.2, -0.15) is 0 Å². The zero-order valence-corrected chi connectivity index (χ0v) is 15.0. The number of nitrogens with zero attached hydrogens (tertiary/aromatic N) is 1. The highest BCUT2D eigenvalue weighted by Gasteiger charge is 2.20. The Morgan fingerprint density at radius 1 is 1.14 bits per heavy atom. The summed E-state index contributed by atoms with van der Waals surface area (Å²) in [6.07, 6.45) is 2.40. The first-order valence-electron chi connectivity index (χ1n) is 8.61. The molecule has 0 fully saturated rings. The smallest absolute Gasteiger partial charge is 0.338 e. The topological polar surface area (TPSA) is 103 Å². The largest absolute Gasteiger partial charge is 0.454 e. The van der Waals surface area contributed by atoms with E-state index in [4.69, 9.17) is 14.2 Å². The first-order chi connectivity index (χ1) is 13.6. The van der Waals surface area contributed by atoms with Crippen LogP contribution in [0.2, 0.25) is 0 Å². The Balaban J connectivity index is 1.36. The maximum Gasteiger partial charge on any atom is 0.338 e. The third-order valence-corrected chi connectivity index (χ3v) is 4.19. The molecule has 0 saturated heterocycles. The van der Waals surface area contributed by atoms with Crippen LogP contribution in [-0.2, 0) is 9.53 Å². The number of rotatable bonds is 5. The average Bonchev–Trinajstić information content (AvgIpc) is 3.39. The quantitative estimate of drug-likeness (QED) is 0.661. The van der Waals surface area contributed by atoms with E-state index in [0.717, 1.165) is 5.56 Å². The molecule has 8 heteroatoms. The number of aromatic nitrogens is 2. The highest BCUT2D eigenvalue weighted by Crippen LogP contribution is 2.34. The van der Waals surface area contributed by atoms with Crippen molar-refractivity contribution in [1.29, 1.82) is 0 Å². The number of hydrogen-bond donors (Lipinski definition) is 2. The van der Waals surface area contributed by atoms with Gasteiger partial charge >= 0.3 is 5.97 Å². The van der Waals surface area contributed by atoms with E-state index in [1.54, 1.807) is 54.9 Å². The summed E-state index contributed by atoms with van der Waals surface area (Å²) in [5, 5.41) is 2.69. The molecule has 1 atom stereocenters. The summed E-state index contributed by atoms with van der Waals surface area (Å²) in [6, 6.07) is 11.8. The summed E-state index contributed by atoms with van der Waals surface area (Å²) < 4.78 is 15.8. The second kappa shape index (κ2) is 7.43. The van der Waals surface area contributed by atoms with Crippen LogP contribution in [0.4, 0.5) is 5.69 Å². The summed E-state index contributed by atoms with van der Waals surface area (Å²) in [5.41, 5.74) is 1.72. The Labute approximate surface area is 160 Å². The van der Waals surface area contributed by atoms with E-state index in [0.29, 0.717) is 28.6 Å². The van der Waals surface area contributed by atoms with Crippen LogP contribution in [0, 0.1) is 0 Å². The summed E-state index contributed by atoms with van der Waals surface area (Å²) in [5.74, 6) is 0.852. The van der Waals surface area contributed by atoms with Gasteiger partial charge in [-0.3, -0.25) is 4.79 Å². The number of esters is 1. The Bertz CT molecular complexity index is 999. The van der Waals surface area contributed by atoms with E-state index in [-0.39, 0.29) is 6.79 Å². The fourth-order valence-electron chi connectivity index (χ4n) is 2.69. The van der Waals surface area contributed by atoms with Gasteiger partial charge in [0.15, 0.2) is 17.6 Å². The molecule has 2 heterocycles. The molecule has 1 amide bonds. The molecular weight excluding hydrogens is 362 g/mol. The molecule has 8 nitrogen and oxygen atoms in total. The maximum atomic E-state index is 12.3. The zero-order valence-electron chi connectivity index (χ0n) is 15.0. The minimum Gasteiger partial charge on any atom is -0.454 e. The number of carbonyl (C=O) groups is 2. The van der Waals surface area contributed by atoms with E-state index < -0.39 is 18.0 Å². The van der Waals surface area contributed by atoms with E-state index in [1.807, 2.05) is 0 Å². The van der Waals surface area contributed by atoms with E-state index in [2.05, 4.69) is 15.3 Å². The number of fused-ring (bicyclic) bond motifs is 1. The van der Waals surface area contributed by atoms with Crippen LogP contribution in [0.5, 0.6) is 11.5 Å². The van der Waals surface area contributed by atoms with E-state index >= 15 is 0 Å². The molecule has 0 radical (unpaired) electrons. The SMILES string of the molecule is CC(OC(=O)c1ccc(-c2ncc[nH]2)cc1)C(=O)Nc1ccc2c(c1)OCO2. The van der Waals surface area contributed by atoms with Gasteiger partial charge < -0.3 is 24.5 Å². The summed E-state index contributed by atoms with van der Waals surface area (Å²) in [6.45, 7) is 1.66. The van der Waals surface area contributed by atoms with Gasteiger partial charge in [-0.25, -0.2) is 9.78 Å². The molecule has 0 aliphatic carbocycles. The number of imidazole rings is 1. The third kappa shape index (κ3) is 3.66. The van der Waals surface area contributed by atoms with Crippen molar-refractivity contribution in [3.05, 3.63) is 60.4 Å². The molecule has 0 spiro atoms. The van der Waals surface area contributed by atoms with Crippen LogP contribution >= 0.6 is 0 Å². The van der Waals surface area contributed by atoms with Crippen molar-refractivity contribution in [1.82, 2.24) is 9.97 Å². The number of benzene rings is 2. The molecule has 2 N–H and O–H groups in total. The Morgan fingerprint density at radius 2 is 1.93 bits per heavy atom. The molecule has 1 aromatic heterocycles. The van der Waals surface area contributed by atoms with Crippen LogP contribution in [0.3, 0.4) is 0 Å². The Hall–Kier alpha value is -3.81. The molecule has 142 valence electrons. The summed E-state index contributed by atoms with van der Waals surface area (Å²) in [7, 11) is 0. The lowest BCUT2D eigenvalue weighted by Gasteiger charge is -2.14. The fourth-order valence-corrected chi connectivity index (χ4v) is 2.69. The van der Waals surface area contributed by atoms with Crippen LogP contribution in [0.1, 0.15) is 17.3 Å². The number of H-pyrrole nitrogens is 1. The summed E-state index contributed by atoms with van der Waals surface area (Å²) >= 11 is 0. The first kappa shape index (κ1) is 17.6. The highest BCUT2D eigenvalue weighted by atomic mass is 16.7. The predicted octanol–water partition coefficient (Wildman–Crippen LogP) is 2.99. The van der Waals surface area contributed by atoms with Gasteiger partial charge in [-0.05, 0) is 31.2 Å². The van der Waals surface area contributed by atoms with Gasteiger partial charge in [-0.15, -0.1) is 0 Å². The predicted molar refractivity (Wildman–Crippen MR) is 100 cm³/mol. The van der Waals surface area contributed by atoms with Crippen molar-refractivity contribution < 1.29 is 23.8 Å². The third-order valence-electron chi connectivity index (χ3n) is 4.19. The lowest BCUT2D eigenvalue weighted by Crippen LogP contribution is -2.30. The number of aromatic amines is 1. The number of ether oxygens (including phenoxy) is 3. The van der Waals surface area contributed by atoms with Crippen molar-refractivity contribution >= 4 is 17.6 Å². The van der Waals surface area contributed by atoms with Crippen LogP contribution < -0.4 is 14.8 Å². The average molecular weight is 379 g/mol. The van der Waals surface area contributed by atoms with Gasteiger partial charge in [-0.1, -0.05) is 12.1 Å². The minimum absolute atomic E-state index is 0.152. The minimum atomic E-state index is -0.970. The van der Waals surface area contributed by atoms with Gasteiger partial charge in [0, 0.05) is 29.7 Å². The number of anilines is 1. The highest BCUT2D eigenvalue weighted by molar-refractivity contribution is 5.97. The normalized spacial score (nSPS) is 13.0. The number of nitrogens with one attached hydrogen (secondary N) is 2. The standard InChI is InChI=1S/C20H17N3O5/c1-12(19(24)23-15-6-7-16-17(10-15)27-11-26-16)28-20(25)14-4-2-13(3-5-14)18-21-8-9-22-18/h2-10,12H,11H2,1H3,(H,21,22)(H,23,24). The Kier molecular flexibility index (Phi) is 4.67. The molecule has 0 bridgehead atoms. The number of hydrogen-bond acceptors (Lipinski definition) is 6. The van der Waals surface area contributed by atoms with Crippen molar-refractivity contribution in [2.45, 2.75) is 13.0 Å². The molecule has 1 aliphatic rings. The monoisotopic (exact) mass is 379 g/mol. The van der Waals surface area contributed by atoms with E-state index in [9.17, 15) is 9.59 Å². The van der Waals surface area contributed by atoms with Crippen molar-refractivity contribution in [2.75, 3.05) is 12.1 Å². The second-order valence-electron chi connectivity index (χ2n) is 6.12. The van der Waals surface area contributed by atoms with Crippen molar-refractivity contribution in [3.8, 4) is 22.9 Å². The molecular formula is C20H17N3O5. The molecule has 1 unspecified atom stereocenters. The zero-order chi connectivity index (χ0) is 19.5. The molecule has 4 rings (SSSR count). The second-order valence-corrected chi connectivity index (χ2v) is 6.12. The van der Waals surface area contributed by atoms with Crippen LogP contribution in [0.15, 0.2) is 54.9 Å². The molecule has 3 aromatic rings. The van der Waals surface area contributed by atoms with Gasteiger partial charge in [0.1, 0.15) is 5.82 Å². The maximum absolute atomic E-state index is 12.3. The van der Waals surface area contributed by atoms with Crippen LogP contribution in [-0.4, -0.2) is 34.7 Å². The molecule has 1 aliphatic heterocycles.